The maximum absolute atomic E-state index is 11.9. The number of carbonyl (C=O) groups excluding carboxylic acids is 1. The van der Waals surface area contributed by atoms with Crippen LogP contribution in [0.1, 0.15) is 67.2 Å². The molecule has 2 atom stereocenters. The molecule has 0 saturated carbocycles. The predicted molar refractivity (Wildman–Crippen MR) is 68.1 cm³/mol. The largest absolute Gasteiger partial charge is 0.447 e. The van der Waals surface area contributed by atoms with Crippen molar-refractivity contribution < 1.29 is 18.5 Å². The van der Waals surface area contributed by atoms with Crippen LogP contribution in [0.4, 0.5) is 0 Å². The van der Waals surface area contributed by atoms with E-state index in [0.717, 1.165) is 12.1 Å². The quantitative estimate of drug-likeness (QED) is 0.777. The summed E-state index contributed by atoms with van der Waals surface area (Å²) in [7, 11) is 0. The van der Waals surface area contributed by atoms with Gasteiger partial charge >= 0.3 is 5.97 Å². The number of esters is 1. The first-order valence-electron chi connectivity index (χ1n) is 6.48. The molecule has 2 aromatic rings. The third kappa shape index (κ3) is 3.04. The third-order valence-corrected chi connectivity index (χ3v) is 3.02. The fourth-order valence-corrected chi connectivity index (χ4v) is 1.57. The molecule has 2 heterocycles. The van der Waals surface area contributed by atoms with E-state index in [0.29, 0.717) is 5.89 Å². The molecule has 0 bridgehead atoms. The average molecular weight is 279 g/mol. The average Bonchev–Trinajstić information content (AvgIpc) is 3.06. The number of hydrogen-bond donors (Lipinski definition) is 0. The minimum atomic E-state index is -0.638. The molecule has 0 unspecified atom stereocenters. The summed E-state index contributed by atoms with van der Waals surface area (Å²) in [5, 5.41) is 11.3. The van der Waals surface area contributed by atoms with Gasteiger partial charge in [-0.2, -0.15) is 0 Å². The van der Waals surface area contributed by atoms with E-state index < -0.39 is 12.1 Å². The van der Waals surface area contributed by atoms with Gasteiger partial charge in [0.05, 0.1) is 5.69 Å². The lowest BCUT2D eigenvalue weighted by molar-refractivity contribution is 0.0232. The van der Waals surface area contributed by atoms with E-state index >= 15 is 0 Å². The predicted octanol–water partition coefficient (Wildman–Crippen LogP) is 2.80. The van der Waals surface area contributed by atoms with Crippen molar-refractivity contribution in [2.24, 2.45) is 0 Å². The van der Waals surface area contributed by atoms with Gasteiger partial charge in [-0.15, -0.1) is 10.2 Å². The maximum Gasteiger partial charge on any atom is 0.377 e. The summed E-state index contributed by atoms with van der Waals surface area (Å²) in [5.74, 6) is 0.370. The molecule has 0 aliphatic carbocycles. The van der Waals surface area contributed by atoms with Gasteiger partial charge < -0.3 is 13.7 Å². The summed E-state index contributed by atoms with van der Waals surface area (Å²) < 4.78 is 15.4. The number of aromatic nitrogens is 3. The molecule has 7 nitrogen and oxygen atoms in total. The minimum Gasteiger partial charge on any atom is -0.447 e. The summed E-state index contributed by atoms with van der Waals surface area (Å²) in [6.07, 6.45) is 0.277. The summed E-state index contributed by atoms with van der Waals surface area (Å²) in [5.41, 5.74) is 0.737. The van der Waals surface area contributed by atoms with E-state index in [9.17, 15) is 4.79 Å². The van der Waals surface area contributed by atoms with Crippen LogP contribution in [0.3, 0.4) is 0 Å². The van der Waals surface area contributed by atoms with Crippen LogP contribution >= 0.6 is 0 Å². The number of rotatable bonds is 5. The van der Waals surface area contributed by atoms with Gasteiger partial charge in [0.15, 0.2) is 6.10 Å². The summed E-state index contributed by atoms with van der Waals surface area (Å²) in [6.45, 7) is 7.37. The molecule has 0 N–H and O–H groups in total. The molecule has 0 radical (unpaired) electrons. The lowest BCUT2D eigenvalue weighted by atomic mass is 10.1. The summed E-state index contributed by atoms with van der Waals surface area (Å²) in [4.78, 5) is 11.9. The van der Waals surface area contributed by atoms with Gasteiger partial charge in [-0.1, -0.05) is 19.0 Å². The van der Waals surface area contributed by atoms with Crippen LogP contribution in [-0.2, 0) is 4.74 Å². The Morgan fingerprint density at radius 2 is 2.15 bits per heavy atom. The SMILES string of the molecule is CC[C@@H](C)c1cc(C(=O)O[C@H](C)c2nnc(C)o2)on1. The van der Waals surface area contributed by atoms with Crippen molar-refractivity contribution in [2.45, 2.75) is 46.1 Å². The second-order valence-electron chi connectivity index (χ2n) is 4.63. The molecule has 0 amide bonds. The maximum atomic E-state index is 11.9. The van der Waals surface area contributed by atoms with Crippen molar-refractivity contribution in [1.82, 2.24) is 15.4 Å². The van der Waals surface area contributed by atoms with Crippen LogP contribution in [0.25, 0.3) is 0 Å². The van der Waals surface area contributed by atoms with Crippen molar-refractivity contribution in [1.29, 1.82) is 0 Å². The molecule has 7 heteroatoms. The second-order valence-corrected chi connectivity index (χ2v) is 4.63. The van der Waals surface area contributed by atoms with Crippen molar-refractivity contribution >= 4 is 5.97 Å². The van der Waals surface area contributed by atoms with Gasteiger partial charge in [-0.3, -0.25) is 0 Å². The zero-order chi connectivity index (χ0) is 14.7. The van der Waals surface area contributed by atoms with Crippen molar-refractivity contribution in [3.05, 3.63) is 29.3 Å². The molecule has 0 spiro atoms. The lowest BCUT2D eigenvalue weighted by Gasteiger charge is -2.06. The van der Waals surface area contributed by atoms with E-state index in [1.807, 2.05) is 13.8 Å². The van der Waals surface area contributed by atoms with Crippen LogP contribution in [0.2, 0.25) is 0 Å². The molecule has 2 aromatic heterocycles. The monoisotopic (exact) mass is 279 g/mol. The van der Waals surface area contributed by atoms with Crippen LogP contribution in [-0.4, -0.2) is 21.3 Å². The first kappa shape index (κ1) is 14.2. The van der Waals surface area contributed by atoms with E-state index in [1.165, 1.54) is 0 Å². The van der Waals surface area contributed by atoms with Crippen LogP contribution < -0.4 is 0 Å². The number of carbonyl (C=O) groups is 1. The smallest absolute Gasteiger partial charge is 0.377 e. The van der Waals surface area contributed by atoms with Gasteiger partial charge in [0.25, 0.3) is 5.89 Å². The Balaban J connectivity index is 2.03. The van der Waals surface area contributed by atoms with E-state index in [1.54, 1.807) is 19.9 Å². The molecular formula is C13H17N3O4. The molecule has 0 aliphatic rings. The molecule has 2 rings (SSSR count). The van der Waals surface area contributed by atoms with Crippen molar-refractivity contribution in [2.75, 3.05) is 0 Å². The Morgan fingerprint density at radius 1 is 1.40 bits per heavy atom. The van der Waals surface area contributed by atoms with Gasteiger partial charge in [0.2, 0.25) is 11.7 Å². The Kier molecular flexibility index (Phi) is 4.16. The van der Waals surface area contributed by atoms with Crippen LogP contribution in [0.5, 0.6) is 0 Å². The molecule has 0 fully saturated rings. The summed E-state index contributed by atoms with van der Waals surface area (Å²) >= 11 is 0. The highest BCUT2D eigenvalue weighted by Gasteiger charge is 2.22. The Bertz CT molecular complexity index is 590. The zero-order valence-corrected chi connectivity index (χ0v) is 11.9. The fraction of sp³-hybridized carbons (Fsp3) is 0.538. The van der Waals surface area contributed by atoms with Crippen LogP contribution in [0.15, 0.2) is 15.0 Å². The highest BCUT2D eigenvalue weighted by Crippen LogP contribution is 2.21. The highest BCUT2D eigenvalue weighted by atomic mass is 16.6. The van der Waals surface area contributed by atoms with E-state index in [2.05, 4.69) is 15.4 Å². The Hall–Kier alpha value is -2.18. The normalized spacial score (nSPS) is 14.0. The molecule has 0 aliphatic heterocycles. The zero-order valence-electron chi connectivity index (χ0n) is 11.9. The molecule has 20 heavy (non-hydrogen) atoms. The number of ether oxygens (including phenoxy) is 1. The number of nitrogens with zero attached hydrogens (tertiary/aromatic N) is 3. The Morgan fingerprint density at radius 3 is 2.75 bits per heavy atom. The van der Waals surface area contributed by atoms with Crippen molar-refractivity contribution in [3.63, 3.8) is 0 Å². The number of hydrogen-bond acceptors (Lipinski definition) is 7. The second kappa shape index (κ2) is 5.85. The third-order valence-electron chi connectivity index (χ3n) is 3.02. The highest BCUT2D eigenvalue weighted by molar-refractivity contribution is 5.86. The fourth-order valence-electron chi connectivity index (χ4n) is 1.57. The first-order valence-corrected chi connectivity index (χ1v) is 6.48. The van der Waals surface area contributed by atoms with Crippen LogP contribution in [0, 0.1) is 6.92 Å². The Labute approximate surface area is 116 Å². The van der Waals surface area contributed by atoms with Crippen molar-refractivity contribution in [3.8, 4) is 0 Å². The molecular weight excluding hydrogens is 262 g/mol. The number of aryl methyl sites for hydroxylation is 1. The first-order chi connectivity index (χ1) is 9.51. The standard InChI is InChI=1S/C13H17N3O4/c1-5-7(2)10-6-11(20-16-10)13(17)18-8(3)12-15-14-9(4)19-12/h6-8H,5H2,1-4H3/t7-,8-/m1/s1. The van der Waals surface area contributed by atoms with Gasteiger partial charge in [0.1, 0.15) is 0 Å². The van der Waals surface area contributed by atoms with Gasteiger partial charge in [-0.25, -0.2) is 4.79 Å². The molecule has 0 saturated heterocycles. The van der Waals surface area contributed by atoms with E-state index in [-0.39, 0.29) is 17.6 Å². The lowest BCUT2D eigenvalue weighted by Crippen LogP contribution is -2.08. The molecule has 108 valence electrons. The van der Waals surface area contributed by atoms with Gasteiger partial charge in [0, 0.05) is 18.9 Å². The minimum absolute atomic E-state index is 0.0726. The molecule has 0 aromatic carbocycles. The van der Waals surface area contributed by atoms with Gasteiger partial charge in [-0.05, 0) is 13.3 Å². The summed E-state index contributed by atoms with van der Waals surface area (Å²) in [6, 6.07) is 1.60. The van der Waals surface area contributed by atoms with E-state index in [4.69, 9.17) is 13.7 Å². The topological polar surface area (TPSA) is 91.2 Å².